The Balaban J connectivity index is 2.53. The predicted octanol–water partition coefficient (Wildman–Crippen LogP) is 2.89. The molecule has 19 heavy (non-hydrogen) atoms. The van der Waals surface area contributed by atoms with Gasteiger partial charge in [0, 0.05) is 0 Å². The Labute approximate surface area is 111 Å². The van der Waals surface area contributed by atoms with E-state index < -0.39 is 0 Å². The highest BCUT2D eigenvalue weighted by Gasteiger charge is 2.14. The number of ether oxygens (including phenoxy) is 1. The van der Waals surface area contributed by atoms with E-state index >= 15 is 0 Å². The summed E-state index contributed by atoms with van der Waals surface area (Å²) < 4.78 is 5.13. The molecule has 1 aliphatic carbocycles. The molecule has 1 aliphatic rings. The molecule has 4 heteroatoms. The Morgan fingerprint density at radius 3 is 2.58 bits per heavy atom. The first kappa shape index (κ1) is 12.7. The van der Waals surface area contributed by atoms with Crippen LogP contribution in [0.3, 0.4) is 0 Å². The molecule has 0 aliphatic heterocycles. The average Bonchev–Trinajstić information content (AvgIpc) is 2.49. The van der Waals surface area contributed by atoms with Crippen LogP contribution in [0.1, 0.15) is 5.56 Å². The number of nitriles is 1. The molecule has 0 fully saturated rings. The second-order valence-corrected chi connectivity index (χ2v) is 3.84. The monoisotopic (exact) mass is 252 g/mol. The van der Waals surface area contributed by atoms with Crippen molar-refractivity contribution in [2.24, 2.45) is 5.16 Å². The van der Waals surface area contributed by atoms with Crippen molar-refractivity contribution in [2.75, 3.05) is 7.11 Å². The van der Waals surface area contributed by atoms with Gasteiger partial charge in [-0.25, -0.2) is 0 Å². The maximum absolute atomic E-state index is 9.32. The highest BCUT2D eigenvalue weighted by Crippen LogP contribution is 2.24. The molecule has 0 radical (unpaired) electrons. The van der Waals surface area contributed by atoms with Crippen molar-refractivity contribution in [3.8, 4) is 6.07 Å². The molecule has 1 aromatic rings. The molecule has 0 unspecified atom stereocenters. The topological polar surface area (TPSA) is 65.6 Å². The lowest BCUT2D eigenvalue weighted by Crippen LogP contribution is -2.06. The van der Waals surface area contributed by atoms with Crippen molar-refractivity contribution in [1.29, 1.82) is 5.26 Å². The maximum Gasteiger partial charge on any atom is 0.148 e. The summed E-state index contributed by atoms with van der Waals surface area (Å²) in [7, 11) is 1.49. The van der Waals surface area contributed by atoms with Crippen molar-refractivity contribution < 1.29 is 9.94 Å². The van der Waals surface area contributed by atoms with Crippen LogP contribution in [0, 0.1) is 11.3 Å². The van der Waals surface area contributed by atoms with Gasteiger partial charge in [-0.2, -0.15) is 5.26 Å². The molecule has 0 saturated carbocycles. The van der Waals surface area contributed by atoms with Gasteiger partial charge in [0.25, 0.3) is 0 Å². The van der Waals surface area contributed by atoms with Crippen LogP contribution >= 0.6 is 0 Å². The van der Waals surface area contributed by atoms with E-state index in [2.05, 4.69) is 11.2 Å². The molecule has 1 aromatic carbocycles. The van der Waals surface area contributed by atoms with Gasteiger partial charge >= 0.3 is 0 Å². The lowest BCUT2D eigenvalue weighted by Gasteiger charge is -2.11. The minimum Gasteiger partial charge on any atom is -0.494 e. The van der Waals surface area contributed by atoms with Crippen LogP contribution in [0.15, 0.2) is 65.0 Å². The van der Waals surface area contributed by atoms with E-state index in [0.29, 0.717) is 17.0 Å². The van der Waals surface area contributed by atoms with Crippen LogP contribution < -0.4 is 0 Å². The number of rotatable bonds is 2. The number of allylic oxidation sites excluding steroid dienone is 5. The zero-order chi connectivity index (χ0) is 13.7. The largest absolute Gasteiger partial charge is 0.494 e. The minimum atomic E-state index is 0.330. The second-order valence-electron chi connectivity index (χ2n) is 3.84. The van der Waals surface area contributed by atoms with Crippen molar-refractivity contribution >= 4 is 11.3 Å². The van der Waals surface area contributed by atoms with E-state index in [1.165, 1.54) is 7.11 Å². The quantitative estimate of drug-likeness (QED) is 0.500. The zero-order valence-corrected chi connectivity index (χ0v) is 10.4. The summed E-state index contributed by atoms with van der Waals surface area (Å²) >= 11 is 0. The van der Waals surface area contributed by atoms with Gasteiger partial charge in [0.1, 0.15) is 17.5 Å². The van der Waals surface area contributed by atoms with Crippen LogP contribution in [0.4, 0.5) is 0 Å². The van der Waals surface area contributed by atoms with Gasteiger partial charge < -0.3 is 9.94 Å². The molecule has 0 heterocycles. The standard InChI is InChI=1S/C15H12N2O2/c1-19-15-9-12(7-8-14(15)17-18)13(10-16)11-5-3-2-4-6-11/h2-9,18H,1H3. The number of methoxy groups -OCH3 is 1. The number of oxime groups is 1. The van der Waals surface area contributed by atoms with Crippen LogP contribution in [-0.2, 0) is 4.74 Å². The van der Waals surface area contributed by atoms with E-state index in [-0.39, 0.29) is 0 Å². The summed E-state index contributed by atoms with van der Waals surface area (Å²) in [5.74, 6) is 0.420. The summed E-state index contributed by atoms with van der Waals surface area (Å²) in [6.07, 6.45) is 5.01. The number of benzene rings is 1. The van der Waals surface area contributed by atoms with E-state index in [4.69, 9.17) is 9.94 Å². The highest BCUT2D eigenvalue weighted by molar-refractivity contribution is 6.09. The first-order valence-electron chi connectivity index (χ1n) is 5.66. The smallest absolute Gasteiger partial charge is 0.148 e. The Kier molecular flexibility index (Phi) is 3.79. The van der Waals surface area contributed by atoms with E-state index in [1.807, 2.05) is 30.3 Å². The molecule has 0 bridgehead atoms. The van der Waals surface area contributed by atoms with E-state index in [1.54, 1.807) is 18.2 Å². The fraction of sp³-hybridized carbons (Fsp3) is 0.0667. The Hall–Kier alpha value is -2.80. The fourth-order valence-electron chi connectivity index (χ4n) is 1.82. The minimum absolute atomic E-state index is 0.330. The van der Waals surface area contributed by atoms with Gasteiger partial charge in [-0.3, -0.25) is 0 Å². The summed E-state index contributed by atoms with van der Waals surface area (Å²) in [4.78, 5) is 0. The lowest BCUT2D eigenvalue weighted by atomic mass is 9.97. The molecular weight excluding hydrogens is 240 g/mol. The molecule has 4 nitrogen and oxygen atoms in total. The van der Waals surface area contributed by atoms with Crippen LogP contribution in [-0.4, -0.2) is 18.0 Å². The van der Waals surface area contributed by atoms with Crippen molar-refractivity contribution in [2.45, 2.75) is 0 Å². The van der Waals surface area contributed by atoms with Crippen molar-refractivity contribution in [3.63, 3.8) is 0 Å². The van der Waals surface area contributed by atoms with Crippen molar-refractivity contribution in [3.05, 3.63) is 65.5 Å². The average molecular weight is 252 g/mol. The Morgan fingerprint density at radius 2 is 2.00 bits per heavy atom. The molecule has 0 saturated heterocycles. The summed E-state index contributed by atoms with van der Waals surface area (Å²) in [5, 5.41) is 21.3. The van der Waals surface area contributed by atoms with Gasteiger partial charge in [-0.1, -0.05) is 41.6 Å². The molecule has 2 rings (SSSR count). The Morgan fingerprint density at radius 1 is 1.26 bits per heavy atom. The molecule has 0 spiro atoms. The van der Waals surface area contributed by atoms with Gasteiger partial charge in [-0.05, 0) is 23.3 Å². The highest BCUT2D eigenvalue weighted by atomic mass is 16.5. The molecule has 0 aromatic heterocycles. The SMILES string of the molecule is COC1=CC(=C(C#N)c2ccccc2)C=CC1=NO. The van der Waals surface area contributed by atoms with Crippen LogP contribution in [0.2, 0.25) is 0 Å². The number of nitrogens with zero attached hydrogens (tertiary/aromatic N) is 2. The number of hydrogen-bond donors (Lipinski definition) is 1. The summed E-state index contributed by atoms with van der Waals surface area (Å²) in [6.45, 7) is 0. The molecule has 94 valence electrons. The third-order valence-corrected chi connectivity index (χ3v) is 2.75. The zero-order valence-electron chi connectivity index (χ0n) is 10.4. The first-order valence-corrected chi connectivity index (χ1v) is 5.66. The normalized spacial score (nSPS) is 18.7. The second kappa shape index (κ2) is 5.69. The predicted molar refractivity (Wildman–Crippen MR) is 72.4 cm³/mol. The first-order chi connectivity index (χ1) is 9.30. The van der Waals surface area contributed by atoms with Gasteiger partial charge in [0.2, 0.25) is 0 Å². The fourth-order valence-corrected chi connectivity index (χ4v) is 1.82. The third-order valence-electron chi connectivity index (χ3n) is 2.75. The number of hydrogen-bond acceptors (Lipinski definition) is 4. The third kappa shape index (κ3) is 2.55. The molecule has 1 N–H and O–H groups in total. The van der Waals surface area contributed by atoms with Crippen LogP contribution in [0.25, 0.3) is 5.57 Å². The molecule has 0 amide bonds. The maximum atomic E-state index is 9.32. The summed E-state index contributed by atoms with van der Waals surface area (Å²) in [5.41, 5.74) is 2.43. The molecular formula is C15H12N2O2. The van der Waals surface area contributed by atoms with Crippen molar-refractivity contribution in [1.82, 2.24) is 0 Å². The van der Waals surface area contributed by atoms with Crippen LogP contribution in [0.5, 0.6) is 0 Å². The van der Waals surface area contributed by atoms with Gasteiger partial charge in [0.05, 0.1) is 12.7 Å². The summed E-state index contributed by atoms with van der Waals surface area (Å²) in [6, 6.07) is 11.6. The molecule has 0 atom stereocenters. The van der Waals surface area contributed by atoms with Gasteiger partial charge in [-0.15, -0.1) is 0 Å². The van der Waals surface area contributed by atoms with Gasteiger partial charge in [0.15, 0.2) is 0 Å². The lowest BCUT2D eigenvalue weighted by molar-refractivity contribution is 0.295. The van der Waals surface area contributed by atoms with E-state index in [0.717, 1.165) is 11.1 Å². The Bertz CT molecular complexity index is 632. The van der Waals surface area contributed by atoms with E-state index in [9.17, 15) is 5.26 Å².